The van der Waals surface area contributed by atoms with Crippen molar-refractivity contribution in [1.29, 1.82) is 0 Å². The van der Waals surface area contributed by atoms with Crippen molar-refractivity contribution < 1.29 is 4.79 Å². The van der Waals surface area contributed by atoms with E-state index in [4.69, 9.17) is 0 Å². The van der Waals surface area contributed by atoms with Crippen LogP contribution in [0.2, 0.25) is 0 Å². The van der Waals surface area contributed by atoms with Crippen LogP contribution >= 0.6 is 0 Å². The molecular weight excluding hydrogens is 312 g/mol. The average molecular weight is 334 g/mol. The standard InChI is InChI=1S/C20H22N4O/c1-13-5-4-6-16(8-13)11-18-22-19(24-23-18)12-20(25)21-17-9-14(2)7-15(3)10-17/h4-10H,11-12H2,1-3H3,(H,21,25)(H,22,23,24). The highest BCUT2D eigenvalue weighted by Crippen LogP contribution is 2.14. The Morgan fingerprint density at radius 3 is 2.52 bits per heavy atom. The molecule has 25 heavy (non-hydrogen) atoms. The number of hydrogen-bond acceptors (Lipinski definition) is 3. The van der Waals surface area contributed by atoms with Crippen LogP contribution in [0.25, 0.3) is 0 Å². The number of aryl methyl sites for hydroxylation is 3. The van der Waals surface area contributed by atoms with Crippen LogP contribution in [0.15, 0.2) is 42.5 Å². The number of benzene rings is 2. The molecule has 3 rings (SSSR count). The second-order valence-electron chi connectivity index (χ2n) is 6.47. The van der Waals surface area contributed by atoms with E-state index in [9.17, 15) is 4.79 Å². The number of H-pyrrole nitrogens is 1. The number of aromatic nitrogens is 3. The fourth-order valence-corrected chi connectivity index (χ4v) is 2.90. The van der Waals surface area contributed by atoms with Gasteiger partial charge < -0.3 is 5.32 Å². The van der Waals surface area contributed by atoms with Gasteiger partial charge in [-0.1, -0.05) is 35.9 Å². The van der Waals surface area contributed by atoms with Crippen molar-refractivity contribution in [3.05, 3.63) is 76.4 Å². The molecule has 1 heterocycles. The van der Waals surface area contributed by atoms with E-state index in [2.05, 4.69) is 51.7 Å². The third kappa shape index (κ3) is 4.76. The molecule has 0 aliphatic rings. The predicted molar refractivity (Wildman–Crippen MR) is 98.6 cm³/mol. The van der Waals surface area contributed by atoms with Crippen molar-refractivity contribution in [2.24, 2.45) is 0 Å². The first-order valence-corrected chi connectivity index (χ1v) is 8.32. The topological polar surface area (TPSA) is 70.7 Å². The molecule has 1 aromatic heterocycles. The lowest BCUT2D eigenvalue weighted by molar-refractivity contribution is -0.115. The Bertz CT molecular complexity index is 878. The third-order valence-electron chi connectivity index (χ3n) is 3.86. The Morgan fingerprint density at radius 2 is 1.80 bits per heavy atom. The van der Waals surface area contributed by atoms with Gasteiger partial charge in [-0.3, -0.25) is 9.89 Å². The Kier molecular flexibility index (Phi) is 4.93. The first-order chi connectivity index (χ1) is 12.0. The van der Waals surface area contributed by atoms with Crippen molar-refractivity contribution in [2.45, 2.75) is 33.6 Å². The Balaban J connectivity index is 1.61. The molecule has 128 valence electrons. The second kappa shape index (κ2) is 7.30. The molecule has 0 aliphatic heterocycles. The number of nitrogens with zero attached hydrogens (tertiary/aromatic N) is 2. The van der Waals surface area contributed by atoms with Crippen molar-refractivity contribution in [3.63, 3.8) is 0 Å². The number of anilines is 1. The van der Waals surface area contributed by atoms with E-state index in [0.717, 1.165) is 22.6 Å². The zero-order chi connectivity index (χ0) is 17.8. The van der Waals surface area contributed by atoms with E-state index < -0.39 is 0 Å². The van der Waals surface area contributed by atoms with Gasteiger partial charge in [-0.25, -0.2) is 4.98 Å². The van der Waals surface area contributed by atoms with Gasteiger partial charge in [0, 0.05) is 12.1 Å². The van der Waals surface area contributed by atoms with Crippen molar-refractivity contribution in [1.82, 2.24) is 15.2 Å². The van der Waals surface area contributed by atoms with Crippen LogP contribution in [-0.2, 0) is 17.6 Å². The molecule has 0 atom stereocenters. The van der Waals surface area contributed by atoms with E-state index in [1.807, 2.05) is 32.0 Å². The first-order valence-electron chi connectivity index (χ1n) is 8.32. The average Bonchev–Trinajstić information content (AvgIpc) is 2.92. The number of rotatable bonds is 5. The minimum absolute atomic E-state index is 0.119. The molecule has 0 spiro atoms. The molecule has 1 amide bonds. The van der Waals surface area contributed by atoms with Crippen LogP contribution in [-0.4, -0.2) is 21.1 Å². The summed E-state index contributed by atoms with van der Waals surface area (Å²) < 4.78 is 0. The molecule has 3 aromatic rings. The fraction of sp³-hybridized carbons (Fsp3) is 0.250. The van der Waals surface area contributed by atoms with Crippen LogP contribution in [0.5, 0.6) is 0 Å². The van der Waals surface area contributed by atoms with E-state index in [1.165, 1.54) is 11.1 Å². The molecular formula is C20H22N4O. The highest BCUT2D eigenvalue weighted by Gasteiger charge is 2.10. The summed E-state index contributed by atoms with van der Waals surface area (Å²) in [4.78, 5) is 16.6. The van der Waals surface area contributed by atoms with Gasteiger partial charge in [0.15, 0.2) is 5.82 Å². The Labute approximate surface area is 147 Å². The number of carbonyl (C=O) groups excluding carboxylic acids is 1. The molecule has 0 aliphatic carbocycles. The third-order valence-corrected chi connectivity index (χ3v) is 3.86. The molecule has 0 unspecified atom stereocenters. The molecule has 0 radical (unpaired) electrons. The molecule has 0 bridgehead atoms. The molecule has 2 aromatic carbocycles. The quantitative estimate of drug-likeness (QED) is 0.750. The molecule has 5 nitrogen and oxygen atoms in total. The molecule has 0 fully saturated rings. The van der Waals surface area contributed by atoms with Crippen molar-refractivity contribution >= 4 is 11.6 Å². The van der Waals surface area contributed by atoms with Gasteiger partial charge in [-0.05, 0) is 49.6 Å². The number of hydrogen-bond donors (Lipinski definition) is 2. The van der Waals surface area contributed by atoms with Gasteiger partial charge in [0.2, 0.25) is 5.91 Å². The molecule has 0 saturated carbocycles. The summed E-state index contributed by atoms with van der Waals surface area (Å²) in [6.07, 6.45) is 0.824. The molecule has 5 heteroatoms. The van der Waals surface area contributed by atoms with Crippen LogP contribution in [0.3, 0.4) is 0 Å². The Morgan fingerprint density at radius 1 is 1.04 bits per heavy atom. The zero-order valence-electron chi connectivity index (χ0n) is 14.8. The molecule has 0 saturated heterocycles. The maximum Gasteiger partial charge on any atom is 0.232 e. The smallest absolute Gasteiger partial charge is 0.232 e. The minimum atomic E-state index is -0.119. The van der Waals surface area contributed by atoms with Gasteiger partial charge in [0.1, 0.15) is 5.82 Å². The van der Waals surface area contributed by atoms with E-state index in [-0.39, 0.29) is 12.3 Å². The highest BCUT2D eigenvalue weighted by molar-refractivity contribution is 5.92. The normalized spacial score (nSPS) is 10.7. The van der Waals surface area contributed by atoms with Gasteiger partial charge in [-0.15, -0.1) is 0 Å². The number of nitrogens with one attached hydrogen (secondary N) is 2. The van der Waals surface area contributed by atoms with Crippen LogP contribution in [0.4, 0.5) is 5.69 Å². The SMILES string of the molecule is Cc1cccc(Cc2nc(CC(=O)Nc3cc(C)cc(C)c3)n[nH]2)c1. The van der Waals surface area contributed by atoms with E-state index in [1.54, 1.807) is 0 Å². The van der Waals surface area contributed by atoms with Gasteiger partial charge in [0.05, 0.1) is 6.42 Å². The van der Waals surface area contributed by atoms with Crippen molar-refractivity contribution in [3.8, 4) is 0 Å². The molecule has 2 N–H and O–H groups in total. The lowest BCUT2D eigenvalue weighted by Crippen LogP contribution is -2.15. The zero-order valence-corrected chi connectivity index (χ0v) is 14.8. The summed E-state index contributed by atoms with van der Waals surface area (Å²) in [5.41, 5.74) is 5.42. The summed E-state index contributed by atoms with van der Waals surface area (Å²) in [5, 5.41) is 9.98. The van der Waals surface area contributed by atoms with Crippen LogP contribution in [0, 0.1) is 20.8 Å². The highest BCUT2D eigenvalue weighted by atomic mass is 16.1. The Hall–Kier alpha value is -2.95. The van der Waals surface area contributed by atoms with Crippen LogP contribution < -0.4 is 5.32 Å². The number of carbonyl (C=O) groups is 1. The fourth-order valence-electron chi connectivity index (χ4n) is 2.90. The lowest BCUT2D eigenvalue weighted by Gasteiger charge is -2.06. The summed E-state index contributed by atoms with van der Waals surface area (Å²) in [7, 11) is 0. The predicted octanol–water partition coefficient (Wildman–Crippen LogP) is 3.50. The maximum absolute atomic E-state index is 12.2. The first kappa shape index (κ1) is 16.9. The van der Waals surface area contributed by atoms with Gasteiger partial charge in [0.25, 0.3) is 0 Å². The summed E-state index contributed by atoms with van der Waals surface area (Å²) in [5.74, 6) is 1.15. The second-order valence-corrected chi connectivity index (χ2v) is 6.47. The lowest BCUT2D eigenvalue weighted by atomic mass is 10.1. The summed E-state index contributed by atoms with van der Waals surface area (Å²) >= 11 is 0. The van der Waals surface area contributed by atoms with Gasteiger partial charge in [-0.2, -0.15) is 5.10 Å². The maximum atomic E-state index is 12.2. The largest absolute Gasteiger partial charge is 0.326 e. The monoisotopic (exact) mass is 334 g/mol. The number of amides is 1. The van der Waals surface area contributed by atoms with E-state index >= 15 is 0 Å². The minimum Gasteiger partial charge on any atom is -0.326 e. The van der Waals surface area contributed by atoms with Crippen LogP contribution in [0.1, 0.15) is 33.9 Å². The number of aromatic amines is 1. The van der Waals surface area contributed by atoms with Crippen molar-refractivity contribution in [2.75, 3.05) is 5.32 Å². The summed E-state index contributed by atoms with van der Waals surface area (Å²) in [6.45, 7) is 6.08. The summed E-state index contributed by atoms with van der Waals surface area (Å²) in [6, 6.07) is 14.2. The van der Waals surface area contributed by atoms with Gasteiger partial charge >= 0.3 is 0 Å². The van der Waals surface area contributed by atoms with E-state index in [0.29, 0.717) is 12.2 Å².